The number of hydrogen-bond acceptors (Lipinski definition) is 6. The van der Waals surface area contributed by atoms with Crippen molar-refractivity contribution in [1.29, 1.82) is 0 Å². The summed E-state index contributed by atoms with van der Waals surface area (Å²) in [5, 5.41) is 11.8. The molecule has 0 amide bonds. The van der Waals surface area contributed by atoms with E-state index in [1.807, 2.05) is 20.0 Å². The Balaban J connectivity index is 1.86. The van der Waals surface area contributed by atoms with E-state index in [4.69, 9.17) is 4.52 Å². The van der Waals surface area contributed by atoms with Gasteiger partial charge in [0.1, 0.15) is 0 Å². The molecule has 0 saturated carbocycles. The van der Waals surface area contributed by atoms with Crippen LogP contribution in [0, 0.1) is 6.92 Å². The molecule has 1 aliphatic rings. The predicted molar refractivity (Wildman–Crippen MR) is 69.5 cm³/mol. The van der Waals surface area contributed by atoms with E-state index in [0.717, 1.165) is 31.0 Å². The Bertz CT molecular complexity index is 555. The second-order valence-electron chi connectivity index (χ2n) is 4.95. The summed E-state index contributed by atoms with van der Waals surface area (Å²) >= 11 is 0. The molecule has 1 fully saturated rings. The summed E-state index contributed by atoms with van der Waals surface area (Å²) < 4.78 is 7.13. The smallest absolute Gasteiger partial charge is 0.278 e. The van der Waals surface area contributed by atoms with Crippen molar-refractivity contribution in [1.82, 2.24) is 30.1 Å². The zero-order valence-corrected chi connectivity index (χ0v) is 11.4. The van der Waals surface area contributed by atoms with Crippen molar-refractivity contribution in [3.63, 3.8) is 0 Å². The summed E-state index contributed by atoms with van der Waals surface area (Å²) in [6, 6.07) is 2.11. The molecule has 1 N–H and O–H groups in total. The largest absolute Gasteiger partial charge is 0.332 e. The molecule has 0 spiro atoms. The Morgan fingerprint density at radius 3 is 2.95 bits per heavy atom. The number of aromatic nitrogens is 4. The molecule has 1 saturated heterocycles. The van der Waals surface area contributed by atoms with Crippen LogP contribution in [0.5, 0.6) is 0 Å². The van der Waals surface area contributed by atoms with E-state index in [2.05, 4.69) is 32.5 Å². The summed E-state index contributed by atoms with van der Waals surface area (Å²) in [6.07, 6.45) is 0. The molecule has 1 unspecified atom stereocenters. The molecule has 1 atom stereocenters. The molecule has 7 nitrogen and oxygen atoms in total. The Kier molecular flexibility index (Phi) is 3.08. The van der Waals surface area contributed by atoms with Crippen molar-refractivity contribution in [2.45, 2.75) is 13.0 Å². The maximum absolute atomic E-state index is 5.33. The number of aryl methyl sites for hydroxylation is 2. The number of nitrogens with one attached hydrogen (secondary N) is 1. The van der Waals surface area contributed by atoms with Gasteiger partial charge >= 0.3 is 0 Å². The van der Waals surface area contributed by atoms with E-state index in [0.29, 0.717) is 11.7 Å². The van der Waals surface area contributed by atoms with Gasteiger partial charge in [-0.05, 0) is 20.0 Å². The lowest BCUT2D eigenvalue weighted by molar-refractivity contribution is 0.190. The van der Waals surface area contributed by atoms with Crippen LogP contribution >= 0.6 is 0 Å². The minimum Gasteiger partial charge on any atom is -0.332 e. The Morgan fingerprint density at radius 2 is 2.26 bits per heavy atom. The van der Waals surface area contributed by atoms with Crippen molar-refractivity contribution in [3.8, 4) is 11.6 Å². The standard InChI is InChI=1S/C12H18N6O/c1-8-6-9(15-18(8)3)12-14-11(16-19-12)10-7-13-4-5-17(10)2/h6,10,13H,4-5,7H2,1-3H3. The second kappa shape index (κ2) is 4.75. The zero-order chi connectivity index (χ0) is 13.4. The Morgan fingerprint density at radius 1 is 1.42 bits per heavy atom. The van der Waals surface area contributed by atoms with Crippen molar-refractivity contribution >= 4 is 0 Å². The molecule has 7 heteroatoms. The van der Waals surface area contributed by atoms with Crippen LogP contribution in [0.3, 0.4) is 0 Å². The SMILES string of the molecule is Cc1cc(-c2nc(C3CNCCN3C)no2)nn1C. The van der Waals surface area contributed by atoms with E-state index in [1.165, 1.54) is 0 Å². The van der Waals surface area contributed by atoms with Gasteiger partial charge in [-0.25, -0.2) is 0 Å². The van der Waals surface area contributed by atoms with Gasteiger partial charge in [-0.2, -0.15) is 10.1 Å². The van der Waals surface area contributed by atoms with Gasteiger partial charge < -0.3 is 9.84 Å². The quantitative estimate of drug-likeness (QED) is 0.842. The van der Waals surface area contributed by atoms with Crippen LogP contribution in [-0.4, -0.2) is 51.5 Å². The van der Waals surface area contributed by atoms with Crippen LogP contribution in [0.1, 0.15) is 17.6 Å². The average molecular weight is 262 g/mol. The highest BCUT2D eigenvalue weighted by atomic mass is 16.5. The summed E-state index contributed by atoms with van der Waals surface area (Å²) in [7, 11) is 3.97. The maximum Gasteiger partial charge on any atom is 0.278 e. The first-order valence-electron chi connectivity index (χ1n) is 6.40. The summed E-state index contributed by atoms with van der Waals surface area (Å²) in [5.41, 5.74) is 1.79. The van der Waals surface area contributed by atoms with Gasteiger partial charge in [0.05, 0.1) is 6.04 Å². The molecule has 2 aromatic heterocycles. The van der Waals surface area contributed by atoms with Gasteiger partial charge in [0.15, 0.2) is 11.5 Å². The first-order valence-corrected chi connectivity index (χ1v) is 6.40. The molecule has 3 rings (SSSR count). The normalized spacial score (nSPS) is 20.9. The third-order valence-corrected chi connectivity index (χ3v) is 3.58. The predicted octanol–water partition coefficient (Wildman–Crippen LogP) is 0.355. The lowest BCUT2D eigenvalue weighted by Crippen LogP contribution is -2.44. The molecule has 0 radical (unpaired) electrons. The van der Waals surface area contributed by atoms with Gasteiger partial charge in [-0.15, -0.1) is 0 Å². The Labute approximate surface area is 111 Å². The van der Waals surface area contributed by atoms with Crippen molar-refractivity contribution in [3.05, 3.63) is 17.6 Å². The van der Waals surface area contributed by atoms with Crippen LogP contribution in [-0.2, 0) is 7.05 Å². The van der Waals surface area contributed by atoms with Crippen LogP contribution in [0.15, 0.2) is 10.6 Å². The molecule has 3 heterocycles. The van der Waals surface area contributed by atoms with Crippen LogP contribution in [0.4, 0.5) is 0 Å². The fourth-order valence-corrected chi connectivity index (χ4v) is 2.23. The van der Waals surface area contributed by atoms with Crippen molar-refractivity contribution in [2.24, 2.45) is 7.05 Å². The third kappa shape index (κ3) is 2.26. The second-order valence-corrected chi connectivity index (χ2v) is 4.95. The minimum atomic E-state index is 0.163. The van der Waals surface area contributed by atoms with Gasteiger partial charge in [0.25, 0.3) is 5.89 Å². The van der Waals surface area contributed by atoms with Gasteiger partial charge in [-0.3, -0.25) is 9.58 Å². The van der Waals surface area contributed by atoms with E-state index >= 15 is 0 Å². The van der Waals surface area contributed by atoms with Crippen molar-refractivity contribution in [2.75, 3.05) is 26.7 Å². The molecule has 0 aromatic carbocycles. The summed E-state index contributed by atoms with van der Waals surface area (Å²) in [5.74, 6) is 1.20. The topological polar surface area (TPSA) is 72.0 Å². The molecule has 2 aromatic rings. The number of rotatable bonds is 2. The van der Waals surface area contributed by atoms with Gasteiger partial charge in [0, 0.05) is 32.4 Å². The fourth-order valence-electron chi connectivity index (χ4n) is 2.23. The van der Waals surface area contributed by atoms with E-state index in [-0.39, 0.29) is 6.04 Å². The molecule has 0 bridgehead atoms. The first kappa shape index (κ1) is 12.3. The van der Waals surface area contributed by atoms with Crippen LogP contribution in [0.2, 0.25) is 0 Å². The average Bonchev–Trinajstić information content (AvgIpc) is 2.98. The monoisotopic (exact) mass is 262 g/mol. The van der Waals surface area contributed by atoms with Gasteiger partial charge in [-0.1, -0.05) is 5.16 Å². The molecule has 1 aliphatic heterocycles. The maximum atomic E-state index is 5.33. The third-order valence-electron chi connectivity index (χ3n) is 3.58. The van der Waals surface area contributed by atoms with Crippen LogP contribution < -0.4 is 5.32 Å². The van der Waals surface area contributed by atoms with Crippen molar-refractivity contribution < 1.29 is 4.52 Å². The zero-order valence-electron chi connectivity index (χ0n) is 11.4. The summed E-state index contributed by atoms with van der Waals surface area (Å²) in [6.45, 7) is 4.82. The Hall–Kier alpha value is -1.73. The molecular weight excluding hydrogens is 244 g/mol. The molecule has 0 aliphatic carbocycles. The summed E-state index contributed by atoms with van der Waals surface area (Å²) in [4.78, 5) is 6.70. The van der Waals surface area contributed by atoms with E-state index in [9.17, 15) is 0 Å². The van der Waals surface area contributed by atoms with Crippen LogP contribution in [0.25, 0.3) is 11.6 Å². The molecular formula is C12H18N6O. The fraction of sp³-hybridized carbons (Fsp3) is 0.583. The van der Waals surface area contributed by atoms with Gasteiger partial charge in [0.2, 0.25) is 0 Å². The number of hydrogen-bond donors (Lipinski definition) is 1. The van der Waals surface area contributed by atoms with E-state index in [1.54, 1.807) is 4.68 Å². The first-order chi connectivity index (χ1) is 9.15. The number of likely N-dealkylation sites (N-methyl/N-ethyl adjacent to an activating group) is 1. The molecule has 19 heavy (non-hydrogen) atoms. The highest BCUT2D eigenvalue weighted by Crippen LogP contribution is 2.22. The number of piperazine rings is 1. The highest BCUT2D eigenvalue weighted by Gasteiger charge is 2.26. The number of nitrogens with zero attached hydrogens (tertiary/aromatic N) is 5. The lowest BCUT2D eigenvalue weighted by atomic mass is 10.2. The lowest BCUT2D eigenvalue weighted by Gasteiger charge is -2.30. The molecule has 102 valence electrons. The van der Waals surface area contributed by atoms with E-state index < -0.39 is 0 Å². The minimum absolute atomic E-state index is 0.163. The highest BCUT2D eigenvalue weighted by molar-refractivity contribution is 5.46.